The highest BCUT2D eigenvalue weighted by Gasteiger charge is 2.28. The van der Waals surface area contributed by atoms with Gasteiger partial charge in [-0.1, -0.05) is 0 Å². The number of amides is 1. The third kappa shape index (κ3) is 2.15. The highest BCUT2D eigenvalue weighted by atomic mass is 32.1. The lowest BCUT2D eigenvalue weighted by atomic mass is 10.1. The number of carboxylic acid groups (broad SMARTS) is 1. The van der Waals surface area contributed by atoms with E-state index in [1.807, 2.05) is 20.8 Å². The molecule has 0 saturated heterocycles. The van der Waals surface area contributed by atoms with Gasteiger partial charge in [0.05, 0.1) is 6.42 Å². The van der Waals surface area contributed by atoms with Crippen molar-refractivity contribution in [2.24, 2.45) is 4.99 Å². The molecule has 1 amide bonds. The Balaban J connectivity index is 2.46. The first-order valence-electron chi connectivity index (χ1n) is 5.57. The van der Waals surface area contributed by atoms with E-state index in [1.54, 1.807) is 0 Å². The minimum absolute atomic E-state index is 0.282. The van der Waals surface area contributed by atoms with Crippen LogP contribution in [0.5, 0.6) is 0 Å². The second-order valence-electron chi connectivity index (χ2n) is 4.30. The molecular weight excluding hydrogens is 252 g/mol. The summed E-state index contributed by atoms with van der Waals surface area (Å²) >= 11 is 1.50. The van der Waals surface area contributed by atoms with Crippen molar-refractivity contribution in [2.45, 2.75) is 33.2 Å². The van der Waals surface area contributed by atoms with E-state index in [4.69, 9.17) is 5.11 Å². The van der Waals surface area contributed by atoms with E-state index in [-0.39, 0.29) is 12.3 Å². The van der Waals surface area contributed by atoms with E-state index in [1.165, 1.54) is 11.3 Å². The first-order chi connectivity index (χ1) is 8.40. The zero-order valence-electron chi connectivity index (χ0n) is 10.4. The smallest absolute Gasteiger partial charge is 0.306 e. The van der Waals surface area contributed by atoms with Gasteiger partial charge in [0, 0.05) is 16.2 Å². The number of carbonyl (C=O) groups is 2. The standard InChI is InChI=1S/C12H14N2O3S/c1-5-7(3)18-12-10(5)6(2)13-8(4-9(15)16)11(17)14-12/h8H,4H2,1-3H3,(H,14,17)(H,15,16)/t8-/m0/s1. The molecule has 0 aromatic carbocycles. The van der Waals surface area contributed by atoms with Crippen molar-refractivity contribution < 1.29 is 14.7 Å². The van der Waals surface area contributed by atoms with E-state index in [0.29, 0.717) is 0 Å². The lowest BCUT2D eigenvalue weighted by Crippen LogP contribution is -2.27. The van der Waals surface area contributed by atoms with Crippen molar-refractivity contribution in [1.82, 2.24) is 0 Å². The van der Waals surface area contributed by atoms with Crippen LogP contribution in [0.3, 0.4) is 0 Å². The highest BCUT2D eigenvalue weighted by molar-refractivity contribution is 7.16. The van der Waals surface area contributed by atoms with Gasteiger partial charge in [-0.05, 0) is 26.3 Å². The molecule has 2 N–H and O–H groups in total. The number of carboxylic acids is 1. The van der Waals surface area contributed by atoms with E-state index in [9.17, 15) is 9.59 Å². The SMILES string of the molecule is CC1=N[C@@H](CC(=O)O)C(=O)Nc2sc(C)c(C)c21. The number of rotatable bonds is 2. The maximum Gasteiger partial charge on any atom is 0.306 e. The number of hydrogen-bond donors (Lipinski definition) is 2. The molecule has 2 heterocycles. The number of nitrogens with one attached hydrogen (secondary N) is 1. The Bertz CT molecular complexity index is 560. The fourth-order valence-electron chi connectivity index (χ4n) is 2.01. The van der Waals surface area contributed by atoms with E-state index in [2.05, 4.69) is 10.3 Å². The van der Waals surface area contributed by atoms with Crippen LogP contribution in [0.25, 0.3) is 0 Å². The lowest BCUT2D eigenvalue weighted by molar-refractivity contribution is -0.138. The molecule has 1 aliphatic rings. The zero-order valence-corrected chi connectivity index (χ0v) is 11.2. The van der Waals surface area contributed by atoms with E-state index >= 15 is 0 Å². The van der Waals surface area contributed by atoms with Crippen molar-refractivity contribution in [1.29, 1.82) is 0 Å². The molecule has 1 atom stereocenters. The third-order valence-corrected chi connectivity index (χ3v) is 4.13. The maximum atomic E-state index is 11.9. The Morgan fingerprint density at radius 1 is 1.44 bits per heavy atom. The summed E-state index contributed by atoms with van der Waals surface area (Å²) in [5, 5.41) is 12.3. The molecule has 96 valence electrons. The summed E-state index contributed by atoms with van der Waals surface area (Å²) in [4.78, 5) is 28.0. The van der Waals surface area contributed by atoms with E-state index < -0.39 is 12.0 Å². The van der Waals surface area contributed by atoms with Gasteiger partial charge in [0.25, 0.3) is 0 Å². The summed E-state index contributed by atoms with van der Waals surface area (Å²) in [7, 11) is 0. The molecule has 6 heteroatoms. The molecule has 18 heavy (non-hydrogen) atoms. The lowest BCUT2D eigenvalue weighted by Gasteiger charge is -2.07. The predicted molar refractivity (Wildman–Crippen MR) is 70.7 cm³/mol. The van der Waals surface area contributed by atoms with Crippen LogP contribution in [0.4, 0.5) is 5.00 Å². The van der Waals surface area contributed by atoms with Crippen molar-refractivity contribution in [3.63, 3.8) is 0 Å². The Morgan fingerprint density at radius 2 is 2.11 bits per heavy atom. The zero-order chi connectivity index (χ0) is 13.4. The summed E-state index contributed by atoms with van der Waals surface area (Å²) < 4.78 is 0. The van der Waals surface area contributed by atoms with E-state index in [0.717, 1.165) is 26.7 Å². The summed E-state index contributed by atoms with van der Waals surface area (Å²) in [6, 6.07) is -0.846. The first kappa shape index (κ1) is 12.8. The molecule has 0 bridgehead atoms. The Morgan fingerprint density at radius 3 is 2.72 bits per heavy atom. The van der Waals surface area contributed by atoms with Gasteiger partial charge >= 0.3 is 5.97 Å². The summed E-state index contributed by atoms with van der Waals surface area (Å²) in [5.74, 6) is -1.37. The Hall–Kier alpha value is -1.69. The number of anilines is 1. The number of thiophene rings is 1. The second-order valence-corrected chi connectivity index (χ2v) is 5.53. The fourth-order valence-corrected chi connectivity index (χ4v) is 3.12. The highest BCUT2D eigenvalue weighted by Crippen LogP contribution is 2.34. The number of aryl methyl sites for hydroxylation is 1. The Kier molecular flexibility index (Phi) is 3.21. The first-order valence-corrected chi connectivity index (χ1v) is 6.39. The molecule has 0 spiro atoms. The Labute approximate surface area is 109 Å². The molecule has 1 aromatic heterocycles. The van der Waals surface area contributed by atoms with Gasteiger partial charge in [0.1, 0.15) is 11.0 Å². The van der Waals surface area contributed by atoms with Gasteiger partial charge in [-0.15, -0.1) is 11.3 Å². The minimum atomic E-state index is -1.02. The monoisotopic (exact) mass is 266 g/mol. The van der Waals surface area contributed by atoms with Crippen molar-refractivity contribution in [3.05, 3.63) is 16.0 Å². The normalized spacial score (nSPS) is 18.7. The van der Waals surface area contributed by atoms with Crippen LogP contribution >= 0.6 is 11.3 Å². The molecular formula is C12H14N2O3S. The van der Waals surface area contributed by atoms with Gasteiger partial charge in [-0.25, -0.2) is 0 Å². The number of nitrogens with zero attached hydrogens (tertiary/aromatic N) is 1. The average Bonchev–Trinajstić information content (AvgIpc) is 2.46. The second kappa shape index (κ2) is 4.53. The van der Waals surface area contributed by atoms with Crippen molar-refractivity contribution >= 4 is 33.9 Å². The summed E-state index contributed by atoms with van der Waals surface area (Å²) in [5.41, 5.74) is 2.74. The van der Waals surface area contributed by atoms with Gasteiger partial charge in [0.2, 0.25) is 5.91 Å². The van der Waals surface area contributed by atoms with Crippen LogP contribution in [0.2, 0.25) is 0 Å². The van der Waals surface area contributed by atoms with Crippen LogP contribution in [-0.2, 0) is 9.59 Å². The van der Waals surface area contributed by atoms with Crippen LogP contribution in [0, 0.1) is 13.8 Å². The van der Waals surface area contributed by atoms with Gasteiger partial charge < -0.3 is 10.4 Å². The number of aliphatic imine (C=N–C) groups is 1. The number of aliphatic carboxylic acids is 1. The molecule has 5 nitrogen and oxygen atoms in total. The molecule has 0 saturated carbocycles. The quantitative estimate of drug-likeness (QED) is 0.859. The number of carbonyl (C=O) groups excluding carboxylic acids is 1. The molecule has 1 aliphatic heterocycles. The number of hydrogen-bond acceptors (Lipinski definition) is 4. The van der Waals surface area contributed by atoms with Crippen LogP contribution < -0.4 is 5.32 Å². The molecule has 1 aromatic rings. The third-order valence-electron chi connectivity index (χ3n) is 3.00. The van der Waals surface area contributed by atoms with Crippen molar-refractivity contribution in [3.8, 4) is 0 Å². The predicted octanol–water partition coefficient (Wildman–Crippen LogP) is 1.97. The topological polar surface area (TPSA) is 78.8 Å². The summed E-state index contributed by atoms with van der Waals surface area (Å²) in [6.45, 7) is 5.78. The van der Waals surface area contributed by atoms with Gasteiger partial charge in [-0.3, -0.25) is 14.6 Å². The average molecular weight is 266 g/mol. The van der Waals surface area contributed by atoms with Crippen LogP contribution in [0.15, 0.2) is 4.99 Å². The van der Waals surface area contributed by atoms with Crippen LogP contribution in [0.1, 0.15) is 29.3 Å². The summed E-state index contributed by atoms with van der Waals surface area (Å²) in [6.07, 6.45) is -0.282. The molecule has 0 fully saturated rings. The van der Waals surface area contributed by atoms with Crippen molar-refractivity contribution in [2.75, 3.05) is 5.32 Å². The van der Waals surface area contributed by atoms with Crippen LogP contribution in [-0.4, -0.2) is 28.7 Å². The molecule has 2 rings (SSSR count). The minimum Gasteiger partial charge on any atom is -0.481 e. The number of fused-ring (bicyclic) bond motifs is 1. The fraction of sp³-hybridized carbons (Fsp3) is 0.417. The largest absolute Gasteiger partial charge is 0.481 e. The van der Waals surface area contributed by atoms with Gasteiger partial charge in [0.15, 0.2) is 0 Å². The molecule has 0 aliphatic carbocycles. The molecule has 0 radical (unpaired) electrons. The maximum absolute atomic E-state index is 11.9. The molecule has 0 unspecified atom stereocenters. The van der Waals surface area contributed by atoms with Gasteiger partial charge in [-0.2, -0.15) is 0 Å².